The smallest absolute Gasteiger partial charge is 0.416 e. The van der Waals surface area contributed by atoms with Crippen LogP contribution in [0.4, 0.5) is 24.5 Å². The minimum absolute atomic E-state index is 0.173. The van der Waals surface area contributed by atoms with Crippen molar-refractivity contribution in [1.29, 1.82) is 0 Å². The molecular weight excluding hydrogens is 661 g/mol. The van der Waals surface area contributed by atoms with E-state index in [2.05, 4.69) is 5.32 Å². The van der Waals surface area contributed by atoms with Gasteiger partial charge < -0.3 is 29.2 Å². The second-order valence-corrected chi connectivity index (χ2v) is 11.9. The molecule has 0 fully saturated rings. The van der Waals surface area contributed by atoms with Crippen molar-refractivity contribution in [2.45, 2.75) is 85.5 Å². The molecule has 3 aromatic rings. The van der Waals surface area contributed by atoms with Crippen LogP contribution in [-0.2, 0) is 26.9 Å². The number of rotatable bonds is 11. The molecule has 0 aromatic heterocycles. The van der Waals surface area contributed by atoms with Gasteiger partial charge in [0, 0.05) is 53.1 Å². The molecular formula is C37H48ClF3N2O6. The molecule has 1 aliphatic heterocycles. The summed E-state index contributed by atoms with van der Waals surface area (Å²) in [6.07, 6.45) is -3.57. The van der Waals surface area contributed by atoms with Gasteiger partial charge in [-0.2, -0.15) is 13.2 Å². The van der Waals surface area contributed by atoms with Crippen molar-refractivity contribution in [3.8, 4) is 17.2 Å². The fraction of sp³-hybridized carbons (Fsp3) is 0.459. The number of carbonyl (C=O) groups excluding carboxylic acids is 2. The summed E-state index contributed by atoms with van der Waals surface area (Å²) < 4.78 is 62.9. The number of esters is 1. The van der Waals surface area contributed by atoms with E-state index in [0.717, 1.165) is 12.1 Å². The van der Waals surface area contributed by atoms with Crippen LogP contribution >= 0.6 is 11.6 Å². The summed E-state index contributed by atoms with van der Waals surface area (Å²) in [5.74, 6) is 0.340. The first-order valence-electron chi connectivity index (χ1n) is 16.3. The molecule has 0 bridgehead atoms. The molecule has 0 aliphatic carbocycles. The second-order valence-electron chi connectivity index (χ2n) is 11.5. The van der Waals surface area contributed by atoms with Crippen LogP contribution < -0.4 is 24.4 Å². The highest BCUT2D eigenvalue weighted by Crippen LogP contribution is 2.40. The molecule has 0 radical (unpaired) electrons. The first-order valence-corrected chi connectivity index (χ1v) is 16.7. The van der Waals surface area contributed by atoms with Crippen LogP contribution in [-0.4, -0.2) is 44.8 Å². The van der Waals surface area contributed by atoms with E-state index in [9.17, 15) is 22.8 Å². The number of amides is 1. The minimum atomic E-state index is -4.56. The molecule has 1 atom stereocenters. The molecule has 4 rings (SSSR count). The SMILES string of the molecule is CC.CC.COc1cc(NC(C(=O)N2CCc3ccc(C(F)(F)F)cc32)c2ccc(Cl)cc2OC)cc(OCCCC(=O)OC(C)(C)C)c1. The standard InChI is InChI=1S/C33H36ClF3N2O6.2C2H6/c1-32(2,3)45-29(40)7-6-14-44-25-18-23(17-24(19-25)42-4)38-30(26-11-10-22(34)16-28(26)43-5)31(41)39-13-12-20-8-9-21(15-27(20)39)33(35,36)37;2*1-2/h8-11,15-19,30,38H,6-7,12-14H2,1-5H3;2*1-2H3. The fourth-order valence-electron chi connectivity index (χ4n) is 4.96. The van der Waals surface area contributed by atoms with E-state index in [-0.39, 0.29) is 31.2 Å². The maximum atomic E-state index is 14.2. The van der Waals surface area contributed by atoms with Gasteiger partial charge in [0.1, 0.15) is 28.9 Å². The zero-order valence-corrected chi connectivity index (χ0v) is 30.5. The lowest BCUT2D eigenvalue weighted by Crippen LogP contribution is -2.37. The van der Waals surface area contributed by atoms with Crippen molar-refractivity contribution < 1.29 is 41.7 Å². The summed E-state index contributed by atoms with van der Waals surface area (Å²) >= 11 is 6.20. The third-order valence-corrected chi connectivity index (χ3v) is 7.20. The monoisotopic (exact) mass is 708 g/mol. The Balaban J connectivity index is 0.00000201. The first-order chi connectivity index (χ1) is 23.2. The third kappa shape index (κ3) is 11.8. The van der Waals surface area contributed by atoms with Crippen molar-refractivity contribution in [2.24, 2.45) is 0 Å². The molecule has 12 heteroatoms. The number of ether oxygens (including phenoxy) is 4. The zero-order valence-electron chi connectivity index (χ0n) is 29.7. The Morgan fingerprint density at radius 1 is 0.918 bits per heavy atom. The molecule has 0 saturated carbocycles. The second kappa shape index (κ2) is 18.6. The Labute approximate surface area is 292 Å². The topological polar surface area (TPSA) is 86.3 Å². The number of hydrogen-bond donors (Lipinski definition) is 1. The number of anilines is 2. The number of carbonyl (C=O) groups is 2. The number of nitrogens with one attached hydrogen (secondary N) is 1. The zero-order chi connectivity index (χ0) is 36.9. The first kappa shape index (κ1) is 41.1. The van der Waals surface area contributed by atoms with E-state index in [1.54, 1.807) is 57.2 Å². The number of methoxy groups -OCH3 is 2. The van der Waals surface area contributed by atoms with Gasteiger partial charge in [-0.3, -0.25) is 9.59 Å². The molecule has 1 amide bonds. The third-order valence-electron chi connectivity index (χ3n) is 6.97. The number of fused-ring (bicyclic) bond motifs is 1. The normalized spacial score (nSPS) is 12.7. The van der Waals surface area contributed by atoms with E-state index in [1.165, 1.54) is 25.2 Å². The molecule has 1 N–H and O–H groups in total. The molecule has 270 valence electrons. The average Bonchev–Trinajstić information content (AvgIpc) is 3.49. The Morgan fingerprint density at radius 2 is 1.59 bits per heavy atom. The predicted octanol–water partition coefficient (Wildman–Crippen LogP) is 9.67. The molecule has 1 heterocycles. The predicted molar refractivity (Wildman–Crippen MR) is 188 cm³/mol. The minimum Gasteiger partial charge on any atom is -0.497 e. The van der Waals surface area contributed by atoms with Gasteiger partial charge in [0.25, 0.3) is 5.91 Å². The van der Waals surface area contributed by atoms with Crippen LogP contribution in [0, 0.1) is 0 Å². The highest BCUT2D eigenvalue weighted by molar-refractivity contribution is 6.30. The van der Waals surface area contributed by atoms with Crippen LogP contribution in [0.2, 0.25) is 5.02 Å². The Kier molecular flexibility index (Phi) is 15.6. The van der Waals surface area contributed by atoms with Crippen molar-refractivity contribution in [2.75, 3.05) is 37.6 Å². The van der Waals surface area contributed by atoms with E-state index in [0.29, 0.717) is 51.9 Å². The highest BCUT2D eigenvalue weighted by atomic mass is 35.5. The van der Waals surface area contributed by atoms with Crippen LogP contribution in [0.1, 0.15) is 84.0 Å². The van der Waals surface area contributed by atoms with Crippen molar-refractivity contribution in [1.82, 2.24) is 0 Å². The lowest BCUT2D eigenvalue weighted by atomic mass is 10.0. The summed E-state index contributed by atoms with van der Waals surface area (Å²) in [4.78, 5) is 27.6. The van der Waals surface area contributed by atoms with Gasteiger partial charge in [-0.15, -0.1) is 0 Å². The quantitative estimate of drug-likeness (QED) is 0.157. The summed E-state index contributed by atoms with van der Waals surface area (Å²) in [6, 6.07) is 12.1. The lowest BCUT2D eigenvalue weighted by Gasteiger charge is -2.27. The number of nitrogens with zero attached hydrogens (tertiary/aromatic N) is 1. The van der Waals surface area contributed by atoms with E-state index in [1.807, 2.05) is 27.7 Å². The van der Waals surface area contributed by atoms with Gasteiger partial charge in [-0.25, -0.2) is 0 Å². The Morgan fingerprint density at radius 3 is 2.20 bits per heavy atom. The van der Waals surface area contributed by atoms with Gasteiger partial charge in [-0.1, -0.05) is 51.4 Å². The van der Waals surface area contributed by atoms with E-state index >= 15 is 0 Å². The molecule has 3 aromatic carbocycles. The summed E-state index contributed by atoms with van der Waals surface area (Å²) in [7, 11) is 2.92. The van der Waals surface area contributed by atoms with Crippen LogP contribution in [0.5, 0.6) is 17.2 Å². The van der Waals surface area contributed by atoms with Gasteiger partial charge in [0.2, 0.25) is 0 Å². The summed E-state index contributed by atoms with van der Waals surface area (Å²) in [6.45, 7) is 13.8. The lowest BCUT2D eigenvalue weighted by molar-refractivity contribution is -0.155. The Hall–Kier alpha value is -4.12. The summed E-state index contributed by atoms with van der Waals surface area (Å²) in [5, 5.41) is 3.60. The largest absolute Gasteiger partial charge is 0.497 e. The van der Waals surface area contributed by atoms with Gasteiger partial charge >= 0.3 is 12.1 Å². The van der Waals surface area contributed by atoms with Crippen molar-refractivity contribution in [3.05, 3.63) is 76.3 Å². The molecule has 0 saturated heterocycles. The van der Waals surface area contributed by atoms with E-state index < -0.39 is 29.3 Å². The van der Waals surface area contributed by atoms with Crippen LogP contribution in [0.15, 0.2) is 54.6 Å². The number of hydrogen-bond acceptors (Lipinski definition) is 7. The maximum absolute atomic E-state index is 14.2. The molecule has 49 heavy (non-hydrogen) atoms. The maximum Gasteiger partial charge on any atom is 0.416 e. The molecule has 0 spiro atoms. The Bertz CT molecular complexity index is 1540. The number of benzene rings is 3. The van der Waals surface area contributed by atoms with Gasteiger partial charge in [0.15, 0.2) is 0 Å². The molecule has 1 aliphatic rings. The van der Waals surface area contributed by atoms with Crippen LogP contribution in [0.3, 0.4) is 0 Å². The number of alkyl halides is 3. The molecule has 8 nitrogen and oxygen atoms in total. The van der Waals surface area contributed by atoms with Crippen molar-refractivity contribution in [3.63, 3.8) is 0 Å². The highest BCUT2D eigenvalue weighted by Gasteiger charge is 2.36. The number of halogens is 4. The molecule has 1 unspecified atom stereocenters. The van der Waals surface area contributed by atoms with Gasteiger partial charge in [0.05, 0.1) is 26.4 Å². The van der Waals surface area contributed by atoms with E-state index in [4.69, 9.17) is 30.5 Å². The van der Waals surface area contributed by atoms with Gasteiger partial charge in [-0.05, 0) is 63.4 Å². The fourth-order valence-corrected chi connectivity index (χ4v) is 5.12. The average molecular weight is 709 g/mol. The summed E-state index contributed by atoms with van der Waals surface area (Å²) in [5.41, 5.74) is 0.293. The van der Waals surface area contributed by atoms with Crippen molar-refractivity contribution >= 4 is 34.9 Å². The van der Waals surface area contributed by atoms with Crippen LogP contribution in [0.25, 0.3) is 0 Å².